The molecule has 2 aliphatic carbocycles. The molecule has 0 bridgehead atoms. The van der Waals surface area contributed by atoms with E-state index in [2.05, 4.69) is 6.08 Å². The number of carbonyl (C=O) groups is 2. The van der Waals surface area contributed by atoms with E-state index in [-0.39, 0.29) is 17.1 Å². The van der Waals surface area contributed by atoms with Crippen LogP contribution in [0.1, 0.15) is 40.7 Å². The quantitative estimate of drug-likeness (QED) is 0.823. The molecule has 0 saturated heterocycles. The highest BCUT2D eigenvalue weighted by Crippen LogP contribution is 2.49. The maximum Gasteiger partial charge on any atom is 0.336 e. The summed E-state index contributed by atoms with van der Waals surface area (Å²) >= 11 is 1.45. The number of carboxylic acids is 1. The third-order valence-corrected chi connectivity index (χ3v) is 5.67. The number of ketones is 1. The van der Waals surface area contributed by atoms with Crippen LogP contribution in [0, 0.1) is 0 Å². The van der Waals surface area contributed by atoms with Crippen LogP contribution in [0.4, 0.5) is 0 Å². The van der Waals surface area contributed by atoms with Crippen LogP contribution in [0.5, 0.6) is 5.75 Å². The van der Waals surface area contributed by atoms with E-state index in [4.69, 9.17) is 0 Å². The molecule has 0 aromatic heterocycles. The lowest BCUT2D eigenvalue weighted by atomic mass is 9.96. The van der Waals surface area contributed by atoms with Crippen LogP contribution in [0.15, 0.2) is 39.7 Å². The van der Waals surface area contributed by atoms with Crippen LogP contribution in [-0.4, -0.2) is 22.0 Å². The lowest BCUT2D eigenvalue weighted by Crippen LogP contribution is -2.04. The third-order valence-electron chi connectivity index (χ3n) is 4.42. The molecule has 0 saturated carbocycles. The fourth-order valence-corrected chi connectivity index (χ4v) is 4.63. The Morgan fingerprint density at radius 3 is 2.74 bits per heavy atom. The first kappa shape index (κ1) is 14.3. The molecule has 1 aromatic carbocycles. The second-order valence-electron chi connectivity index (χ2n) is 5.82. The van der Waals surface area contributed by atoms with Crippen molar-refractivity contribution >= 4 is 29.1 Å². The minimum absolute atomic E-state index is 0.0187. The second kappa shape index (κ2) is 5.13. The molecule has 0 fully saturated rings. The zero-order chi connectivity index (χ0) is 16.1. The van der Waals surface area contributed by atoms with Crippen molar-refractivity contribution in [2.45, 2.75) is 30.6 Å². The molecule has 0 spiro atoms. The molecule has 116 valence electrons. The molecule has 1 aromatic rings. The molecule has 0 radical (unpaired) electrons. The Bertz CT molecular complexity index is 858. The van der Waals surface area contributed by atoms with Crippen LogP contribution in [0.3, 0.4) is 0 Å². The summed E-state index contributed by atoms with van der Waals surface area (Å²) in [6.45, 7) is 0. The van der Waals surface area contributed by atoms with E-state index in [1.54, 1.807) is 6.08 Å². The summed E-state index contributed by atoms with van der Waals surface area (Å²) in [5.41, 5.74) is 2.60. The van der Waals surface area contributed by atoms with Crippen LogP contribution < -0.4 is 0 Å². The van der Waals surface area contributed by atoms with Crippen molar-refractivity contribution in [2.24, 2.45) is 0 Å². The van der Waals surface area contributed by atoms with Crippen molar-refractivity contribution in [1.29, 1.82) is 0 Å². The number of Topliss-reactive ketones (excluding diaryl/α,β-unsaturated/α-hetero) is 1. The predicted molar refractivity (Wildman–Crippen MR) is 87.6 cm³/mol. The molecule has 3 aliphatic rings. The van der Waals surface area contributed by atoms with E-state index < -0.39 is 5.97 Å². The third kappa shape index (κ3) is 2.15. The highest BCUT2D eigenvalue weighted by molar-refractivity contribution is 8.03. The van der Waals surface area contributed by atoms with Gasteiger partial charge < -0.3 is 10.2 Å². The minimum atomic E-state index is -1.05. The SMILES string of the molecule is O=C(O)C1=CC2=CCCC=C2Sc2c1cc(O)c1c2C(=O)CC1. The predicted octanol–water partition coefficient (Wildman–Crippen LogP) is 3.70. The van der Waals surface area contributed by atoms with Crippen molar-refractivity contribution in [2.75, 3.05) is 0 Å². The first-order valence-corrected chi connectivity index (χ1v) is 8.34. The summed E-state index contributed by atoms with van der Waals surface area (Å²) in [5, 5.41) is 19.9. The zero-order valence-electron chi connectivity index (χ0n) is 12.3. The fraction of sp³-hybridized carbons (Fsp3) is 0.222. The Hall–Kier alpha value is -2.27. The van der Waals surface area contributed by atoms with Crippen molar-refractivity contribution in [3.8, 4) is 5.75 Å². The summed E-state index contributed by atoms with van der Waals surface area (Å²) in [7, 11) is 0. The molecule has 1 heterocycles. The van der Waals surface area contributed by atoms with Gasteiger partial charge in [0.1, 0.15) is 5.75 Å². The zero-order valence-corrected chi connectivity index (χ0v) is 13.1. The van der Waals surface area contributed by atoms with E-state index in [9.17, 15) is 19.8 Å². The molecule has 1 aliphatic heterocycles. The van der Waals surface area contributed by atoms with Crippen LogP contribution >= 0.6 is 11.8 Å². The topological polar surface area (TPSA) is 74.6 Å². The number of hydrogen-bond acceptors (Lipinski definition) is 4. The largest absolute Gasteiger partial charge is 0.508 e. The Labute approximate surface area is 137 Å². The number of benzene rings is 1. The summed E-state index contributed by atoms with van der Waals surface area (Å²) < 4.78 is 0. The summed E-state index contributed by atoms with van der Waals surface area (Å²) in [6.07, 6.45) is 8.43. The average molecular weight is 326 g/mol. The van der Waals surface area contributed by atoms with Gasteiger partial charge in [0.25, 0.3) is 0 Å². The maximum absolute atomic E-state index is 12.3. The number of aromatic hydroxyl groups is 1. The van der Waals surface area contributed by atoms with E-state index in [1.807, 2.05) is 6.08 Å². The van der Waals surface area contributed by atoms with Crippen molar-refractivity contribution in [3.63, 3.8) is 0 Å². The highest BCUT2D eigenvalue weighted by Gasteiger charge is 2.33. The summed E-state index contributed by atoms with van der Waals surface area (Å²) in [4.78, 5) is 25.7. The number of fused-ring (bicyclic) bond motifs is 4. The molecule has 0 amide bonds. The normalized spacial score (nSPS) is 19.0. The maximum atomic E-state index is 12.3. The van der Waals surface area contributed by atoms with Gasteiger partial charge in [0.05, 0.1) is 5.57 Å². The lowest BCUT2D eigenvalue weighted by Gasteiger charge is -2.15. The number of rotatable bonds is 1. The van der Waals surface area contributed by atoms with E-state index >= 15 is 0 Å². The smallest absolute Gasteiger partial charge is 0.336 e. The van der Waals surface area contributed by atoms with Gasteiger partial charge in [-0.15, -0.1) is 0 Å². The molecule has 23 heavy (non-hydrogen) atoms. The number of allylic oxidation sites excluding steroid dienone is 4. The average Bonchev–Trinajstić information content (AvgIpc) is 2.83. The van der Waals surface area contributed by atoms with Crippen LogP contribution in [0.2, 0.25) is 0 Å². The molecule has 2 N–H and O–H groups in total. The number of phenols is 1. The van der Waals surface area contributed by atoms with Crippen molar-refractivity contribution in [1.82, 2.24) is 0 Å². The van der Waals surface area contributed by atoms with Gasteiger partial charge >= 0.3 is 5.97 Å². The van der Waals surface area contributed by atoms with Crippen molar-refractivity contribution in [3.05, 3.63) is 51.5 Å². The van der Waals surface area contributed by atoms with E-state index in [0.717, 1.165) is 23.3 Å². The van der Waals surface area contributed by atoms with Gasteiger partial charge in [-0.2, -0.15) is 0 Å². The van der Waals surface area contributed by atoms with Crippen LogP contribution in [0.25, 0.3) is 5.57 Å². The second-order valence-corrected chi connectivity index (χ2v) is 6.87. The van der Waals surface area contributed by atoms with Crippen LogP contribution in [-0.2, 0) is 11.2 Å². The van der Waals surface area contributed by atoms with Crippen molar-refractivity contribution < 1.29 is 19.8 Å². The molecule has 5 heteroatoms. The minimum Gasteiger partial charge on any atom is -0.508 e. The molecule has 4 rings (SSSR count). The van der Waals surface area contributed by atoms with Gasteiger partial charge in [0.15, 0.2) is 5.78 Å². The molecule has 0 unspecified atom stereocenters. The number of phenolic OH excluding ortho intramolecular Hbond substituents is 1. The molecular formula is C18H14O4S. The van der Waals surface area contributed by atoms with Gasteiger partial charge in [-0.25, -0.2) is 4.79 Å². The first-order chi connectivity index (χ1) is 11.1. The Kier molecular flexibility index (Phi) is 3.20. The Balaban J connectivity index is 2.04. The number of thioether (sulfide) groups is 1. The molecular weight excluding hydrogens is 312 g/mol. The summed E-state index contributed by atoms with van der Waals surface area (Å²) in [5.74, 6) is -1.05. The number of aliphatic carboxylic acids is 1. The Morgan fingerprint density at radius 1 is 1.17 bits per heavy atom. The standard InChI is InChI=1S/C18H14O4S/c19-13-6-5-10-14(20)8-11-12(18(21)22)7-9-3-1-2-4-15(9)23-17(11)16(10)13/h3-4,7-8,20H,1-2,5-6H2,(H,21,22). The van der Waals surface area contributed by atoms with E-state index in [1.165, 1.54) is 17.8 Å². The fourth-order valence-electron chi connectivity index (χ4n) is 3.33. The number of hydrogen-bond donors (Lipinski definition) is 2. The van der Waals surface area contributed by atoms with Gasteiger partial charge in [0.2, 0.25) is 0 Å². The monoisotopic (exact) mass is 326 g/mol. The number of carbonyl (C=O) groups excluding carboxylic acids is 1. The van der Waals surface area contributed by atoms with Gasteiger partial charge in [0, 0.05) is 32.9 Å². The van der Waals surface area contributed by atoms with E-state index in [0.29, 0.717) is 34.4 Å². The number of carboxylic acid groups (broad SMARTS) is 1. The van der Waals surface area contributed by atoms with Gasteiger partial charge in [-0.1, -0.05) is 23.9 Å². The summed E-state index contributed by atoms with van der Waals surface area (Å²) in [6, 6.07) is 1.50. The van der Waals surface area contributed by atoms with Gasteiger partial charge in [-0.05, 0) is 37.0 Å². The van der Waals surface area contributed by atoms with Gasteiger partial charge in [-0.3, -0.25) is 4.79 Å². The first-order valence-electron chi connectivity index (χ1n) is 7.52. The lowest BCUT2D eigenvalue weighted by molar-refractivity contribution is -0.130. The molecule has 4 nitrogen and oxygen atoms in total. The molecule has 0 atom stereocenters. The Morgan fingerprint density at radius 2 is 1.96 bits per heavy atom. The highest BCUT2D eigenvalue weighted by atomic mass is 32.2.